The molecule has 0 saturated carbocycles. The van der Waals surface area contributed by atoms with Crippen molar-refractivity contribution in [1.29, 1.82) is 0 Å². The molecular formula is C57H51BN2O2. The first kappa shape index (κ1) is 38.2. The van der Waals surface area contributed by atoms with Crippen molar-refractivity contribution in [2.24, 2.45) is 0 Å². The van der Waals surface area contributed by atoms with Crippen molar-refractivity contribution in [2.45, 2.75) is 72.1 Å². The fourth-order valence-corrected chi connectivity index (χ4v) is 9.69. The van der Waals surface area contributed by atoms with Crippen LogP contribution in [-0.2, 0) is 10.8 Å². The Bertz CT molecular complexity index is 3140. The van der Waals surface area contributed by atoms with Gasteiger partial charge in [0.1, 0.15) is 22.7 Å². The van der Waals surface area contributed by atoms with Crippen LogP contribution in [0.4, 0.5) is 34.1 Å². The topological polar surface area (TPSA) is 32.8 Å². The van der Waals surface area contributed by atoms with E-state index in [4.69, 9.17) is 8.83 Å². The van der Waals surface area contributed by atoms with Gasteiger partial charge in [-0.15, -0.1) is 0 Å². The molecule has 0 saturated heterocycles. The predicted octanol–water partition coefficient (Wildman–Crippen LogP) is 14.3. The molecule has 4 nitrogen and oxygen atoms in total. The molecule has 0 unspecified atom stereocenters. The molecule has 0 amide bonds. The largest absolute Gasteiger partial charge is 0.456 e. The first-order chi connectivity index (χ1) is 29.8. The molecular weight excluding hydrogens is 755 g/mol. The second-order valence-electron chi connectivity index (χ2n) is 19.7. The highest BCUT2D eigenvalue weighted by molar-refractivity contribution is 7.00. The normalized spacial score (nSPS) is 13.5. The lowest BCUT2D eigenvalue weighted by molar-refractivity contribution is 0.590. The zero-order valence-electron chi connectivity index (χ0n) is 36.9. The molecule has 2 aliphatic heterocycles. The number of anilines is 6. The number of para-hydroxylation sites is 2. The molecule has 9 aromatic rings. The van der Waals surface area contributed by atoms with Crippen LogP contribution in [0.25, 0.3) is 44.6 Å². The van der Waals surface area contributed by atoms with Gasteiger partial charge in [0, 0.05) is 56.0 Å². The van der Waals surface area contributed by atoms with Gasteiger partial charge in [0.15, 0.2) is 0 Å². The third kappa shape index (κ3) is 6.20. The van der Waals surface area contributed by atoms with Gasteiger partial charge in [-0.2, -0.15) is 0 Å². The lowest BCUT2D eigenvalue weighted by Crippen LogP contribution is -2.61. The van der Waals surface area contributed by atoms with Crippen LogP contribution in [0.15, 0.2) is 167 Å². The van der Waals surface area contributed by atoms with E-state index in [1.807, 2.05) is 24.3 Å². The fourth-order valence-electron chi connectivity index (χ4n) is 9.69. The molecule has 0 fully saturated rings. The van der Waals surface area contributed by atoms with Gasteiger partial charge >= 0.3 is 0 Å². The molecule has 4 heterocycles. The third-order valence-electron chi connectivity index (χ3n) is 13.1. The summed E-state index contributed by atoms with van der Waals surface area (Å²) in [6.07, 6.45) is 0. The van der Waals surface area contributed by atoms with Crippen molar-refractivity contribution in [3.05, 3.63) is 174 Å². The van der Waals surface area contributed by atoms with Crippen LogP contribution in [0, 0.1) is 0 Å². The Labute approximate surface area is 365 Å². The SMILES string of the molecule is CC(C)c1cc2c3c(c1)N(c1cccc(-c4cc5ccccc5o4)c1)c1cc(-c4cc5ccccc5o4)ccc1B3c1cc(C(C)(C)C)ccc1N2c1ccc(C(C)(C)C)cc1. The van der Waals surface area contributed by atoms with Gasteiger partial charge < -0.3 is 18.6 Å². The minimum absolute atomic E-state index is 0.0156. The highest BCUT2D eigenvalue weighted by Gasteiger charge is 2.44. The minimum Gasteiger partial charge on any atom is -0.456 e. The molecule has 11 rings (SSSR count). The van der Waals surface area contributed by atoms with Crippen LogP contribution in [-0.4, -0.2) is 6.71 Å². The van der Waals surface area contributed by atoms with E-state index in [-0.39, 0.29) is 23.5 Å². The molecule has 5 heteroatoms. The Hall–Kier alpha value is -6.72. The summed E-state index contributed by atoms with van der Waals surface area (Å²) >= 11 is 0. The maximum Gasteiger partial charge on any atom is 0.252 e. The molecule has 62 heavy (non-hydrogen) atoms. The van der Waals surface area contributed by atoms with E-state index in [0.29, 0.717) is 0 Å². The lowest BCUT2D eigenvalue weighted by Gasteiger charge is -2.45. The summed E-state index contributed by atoms with van der Waals surface area (Å²) in [5, 5.41) is 2.19. The summed E-state index contributed by atoms with van der Waals surface area (Å²) in [4.78, 5) is 5.04. The fraction of sp³-hybridized carbons (Fsp3) is 0.193. The van der Waals surface area contributed by atoms with Crippen LogP contribution in [0.3, 0.4) is 0 Å². The maximum atomic E-state index is 6.56. The summed E-state index contributed by atoms with van der Waals surface area (Å²) in [6, 6.07) is 58.1. The maximum absolute atomic E-state index is 6.56. The van der Waals surface area contributed by atoms with E-state index in [1.54, 1.807) is 0 Å². The molecule has 7 aromatic carbocycles. The second kappa shape index (κ2) is 13.9. The molecule has 0 radical (unpaired) electrons. The lowest BCUT2D eigenvalue weighted by atomic mass is 9.33. The first-order valence-electron chi connectivity index (χ1n) is 22.1. The zero-order chi connectivity index (χ0) is 42.7. The van der Waals surface area contributed by atoms with Gasteiger partial charge in [0.25, 0.3) is 6.71 Å². The van der Waals surface area contributed by atoms with Crippen molar-refractivity contribution in [3.8, 4) is 22.6 Å². The molecule has 0 spiro atoms. The Morgan fingerprint density at radius 2 is 1.03 bits per heavy atom. The van der Waals surface area contributed by atoms with E-state index in [1.165, 1.54) is 50.1 Å². The second-order valence-corrected chi connectivity index (χ2v) is 19.7. The van der Waals surface area contributed by atoms with Crippen LogP contribution >= 0.6 is 0 Å². The standard InChI is InChI=1S/C57H51BN2O2/c1-35(2)40-30-49-55-50(31-40)60(44-17-13-16-36(28-44)53-32-37-14-9-11-18-51(37)61-53)48-29-39(54-33-38-15-10-12-19-52(38)62-54)20-26-45(48)58(55)46-34-42(57(6,7)8)23-27-47(46)59(49)43-24-21-41(22-25-43)56(3,4)5/h9-35H,1-8H3. The molecule has 2 aliphatic rings. The van der Waals surface area contributed by atoms with Gasteiger partial charge in [-0.25, -0.2) is 0 Å². The average molecular weight is 807 g/mol. The van der Waals surface area contributed by atoms with E-state index >= 15 is 0 Å². The van der Waals surface area contributed by atoms with E-state index < -0.39 is 0 Å². The van der Waals surface area contributed by atoms with Gasteiger partial charge in [0.2, 0.25) is 0 Å². The van der Waals surface area contributed by atoms with Crippen molar-refractivity contribution >= 4 is 79.2 Å². The number of hydrogen-bond donors (Lipinski definition) is 0. The van der Waals surface area contributed by atoms with Crippen LogP contribution < -0.4 is 26.2 Å². The highest BCUT2D eigenvalue weighted by atomic mass is 16.3. The van der Waals surface area contributed by atoms with E-state index in [9.17, 15) is 0 Å². The molecule has 0 bridgehead atoms. The molecule has 0 N–H and O–H groups in total. The number of benzene rings is 7. The summed E-state index contributed by atoms with van der Waals surface area (Å²) in [5.41, 5.74) is 18.7. The number of furan rings is 2. The van der Waals surface area contributed by atoms with Crippen LogP contribution in [0.5, 0.6) is 0 Å². The average Bonchev–Trinajstić information content (AvgIpc) is 3.91. The highest BCUT2D eigenvalue weighted by Crippen LogP contribution is 2.47. The number of nitrogens with zero attached hydrogens (tertiary/aromatic N) is 2. The van der Waals surface area contributed by atoms with Crippen molar-refractivity contribution in [2.75, 3.05) is 9.80 Å². The Morgan fingerprint density at radius 1 is 0.452 bits per heavy atom. The van der Waals surface area contributed by atoms with Gasteiger partial charge in [-0.3, -0.25) is 0 Å². The van der Waals surface area contributed by atoms with Crippen molar-refractivity contribution in [3.63, 3.8) is 0 Å². The molecule has 0 aliphatic carbocycles. The van der Waals surface area contributed by atoms with Gasteiger partial charge in [-0.1, -0.05) is 140 Å². The third-order valence-corrected chi connectivity index (χ3v) is 13.1. The zero-order valence-corrected chi connectivity index (χ0v) is 36.9. The quantitative estimate of drug-likeness (QED) is 0.162. The molecule has 2 aromatic heterocycles. The van der Waals surface area contributed by atoms with Crippen molar-refractivity contribution < 1.29 is 8.83 Å². The minimum atomic E-state index is -0.0371. The number of rotatable bonds is 5. The molecule has 304 valence electrons. The van der Waals surface area contributed by atoms with Crippen LogP contribution in [0.2, 0.25) is 0 Å². The summed E-state index contributed by atoms with van der Waals surface area (Å²) < 4.78 is 13.0. The molecule has 0 atom stereocenters. The number of hydrogen-bond acceptors (Lipinski definition) is 4. The van der Waals surface area contributed by atoms with Gasteiger partial charge in [-0.05, 0) is 123 Å². The number of fused-ring (bicyclic) bond motifs is 6. The Balaban J connectivity index is 1.20. The summed E-state index contributed by atoms with van der Waals surface area (Å²) in [6.45, 7) is 18.4. The van der Waals surface area contributed by atoms with E-state index in [2.05, 4.69) is 199 Å². The Kier molecular flexibility index (Phi) is 8.57. The Morgan fingerprint density at radius 3 is 1.63 bits per heavy atom. The van der Waals surface area contributed by atoms with E-state index in [0.717, 1.165) is 61.6 Å². The smallest absolute Gasteiger partial charge is 0.252 e. The summed E-state index contributed by atoms with van der Waals surface area (Å²) in [5.74, 6) is 2.00. The summed E-state index contributed by atoms with van der Waals surface area (Å²) in [7, 11) is 0. The first-order valence-corrected chi connectivity index (χ1v) is 22.1. The monoisotopic (exact) mass is 806 g/mol. The van der Waals surface area contributed by atoms with Crippen LogP contribution in [0.1, 0.15) is 78.0 Å². The van der Waals surface area contributed by atoms with Crippen molar-refractivity contribution in [1.82, 2.24) is 0 Å². The van der Waals surface area contributed by atoms with Gasteiger partial charge in [0.05, 0.1) is 0 Å². The predicted molar refractivity (Wildman–Crippen MR) is 262 cm³/mol.